The van der Waals surface area contributed by atoms with E-state index >= 15 is 0 Å². The van der Waals surface area contributed by atoms with Crippen LogP contribution in [-0.2, 0) is 16.6 Å². The molecule has 0 saturated carbocycles. The lowest BCUT2D eigenvalue weighted by Gasteiger charge is -2.25. The molecule has 0 amide bonds. The zero-order chi connectivity index (χ0) is 20.6. The van der Waals surface area contributed by atoms with Gasteiger partial charge in [0.2, 0.25) is 0 Å². The summed E-state index contributed by atoms with van der Waals surface area (Å²) in [6, 6.07) is 16.1. The summed E-state index contributed by atoms with van der Waals surface area (Å²) in [4.78, 5) is 0.102. The number of anilines is 1. The molecule has 0 spiro atoms. The predicted octanol–water partition coefficient (Wildman–Crippen LogP) is 4.40. The number of rotatable bonds is 5. The van der Waals surface area contributed by atoms with Crippen LogP contribution in [0.5, 0.6) is 0 Å². The van der Waals surface area contributed by atoms with Crippen LogP contribution in [0.1, 0.15) is 16.7 Å². The summed E-state index contributed by atoms with van der Waals surface area (Å²) >= 11 is 6.00. The molecule has 0 radical (unpaired) electrons. The molecule has 0 atom stereocenters. The van der Waals surface area contributed by atoms with Crippen molar-refractivity contribution in [3.8, 4) is 0 Å². The number of aromatic nitrogens is 3. The minimum atomic E-state index is -3.92. The van der Waals surface area contributed by atoms with Crippen LogP contribution in [0.3, 0.4) is 0 Å². The minimum Gasteiger partial charge on any atom is -0.288 e. The van der Waals surface area contributed by atoms with E-state index < -0.39 is 10.0 Å². The number of hydrogen-bond donors (Lipinski definition) is 0. The summed E-state index contributed by atoms with van der Waals surface area (Å²) in [5.74, 6) is 0. The van der Waals surface area contributed by atoms with Gasteiger partial charge in [-0.3, -0.25) is 8.71 Å². The van der Waals surface area contributed by atoms with Crippen LogP contribution in [0.2, 0.25) is 5.02 Å². The van der Waals surface area contributed by atoms with Crippen LogP contribution in [-0.4, -0.2) is 23.0 Å². The SMILES string of the molecule is Cc1cc(C)cc(N(Cc2ccc(Cl)cc2)S(=O)(=O)c2cccn3cnnc23)c1. The van der Waals surface area contributed by atoms with Crippen molar-refractivity contribution >= 4 is 33.0 Å². The highest BCUT2D eigenvalue weighted by atomic mass is 35.5. The Morgan fingerprint density at radius 2 is 1.72 bits per heavy atom. The van der Waals surface area contributed by atoms with E-state index in [0.29, 0.717) is 10.7 Å². The summed E-state index contributed by atoms with van der Waals surface area (Å²) in [5, 5.41) is 8.45. The highest BCUT2D eigenvalue weighted by molar-refractivity contribution is 7.93. The van der Waals surface area contributed by atoms with Gasteiger partial charge in [-0.1, -0.05) is 29.8 Å². The predicted molar refractivity (Wildman–Crippen MR) is 114 cm³/mol. The molecule has 2 aromatic carbocycles. The molecule has 0 aliphatic rings. The molecule has 0 aliphatic heterocycles. The van der Waals surface area contributed by atoms with Gasteiger partial charge in [0.05, 0.1) is 12.2 Å². The number of fused-ring (bicyclic) bond motifs is 1. The lowest BCUT2D eigenvalue weighted by Crippen LogP contribution is -2.31. The quantitative estimate of drug-likeness (QED) is 0.474. The zero-order valence-electron chi connectivity index (χ0n) is 15.9. The number of hydrogen-bond acceptors (Lipinski definition) is 4. The Labute approximate surface area is 174 Å². The first-order valence-electron chi connectivity index (χ1n) is 8.98. The molecule has 4 aromatic rings. The molecule has 0 bridgehead atoms. The monoisotopic (exact) mass is 426 g/mol. The lowest BCUT2D eigenvalue weighted by atomic mass is 10.1. The topological polar surface area (TPSA) is 67.6 Å². The van der Waals surface area contributed by atoms with Gasteiger partial charge < -0.3 is 0 Å². The van der Waals surface area contributed by atoms with Gasteiger partial charge in [0.1, 0.15) is 11.2 Å². The van der Waals surface area contributed by atoms with Crippen LogP contribution in [0.4, 0.5) is 5.69 Å². The van der Waals surface area contributed by atoms with E-state index in [9.17, 15) is 8.42 Å². The van der Waals surface area contributed by atoms with Crippen molar-refractivity contribution < 1.29 is 8.42 Å². The fourth-order valence-electron chi connectivity index (χ4n) is 3.31. The molecule has 8 heteroatoms. The summed E-state index contributed by atoms with van der Waals surface area (Å²) in [7, 11) is -3.92. The maximum Gasteiger partial charge on any atom is 0.268 e. The van der Waals surface area contributed by atoms with Gasteiger partial charge in [0, 0.05) is 11.2 Å². The number of halogens is 1. The maximum atomic E-state index is 13.8. The van der Waals surface area contributed by atoms with Gasteiger partial charge in [-0.15, -0.1) is 10.2 Å². The molecule has 29 heavy (non-hydrogen) atoms. The molecular formula is C21H19ClN4O2S. The van der Waals surface area contributed by atoms with Crippen LogP contribution < -0.4 is 4.31 Å². The smallest absolute Gasteiger partial charge is 0.268 e. The zero-order valence-corrected chi connectivity index (χ0v) is 17.5. The van der Waals surface area contributed by atoms with Crippen molar-refractivity contribution in [2.24, 2.45) is 0 Å². The highest BCUT2D eigenvalue weighted by Crippen LogP contribution is 2.29. The van der Waals surface area contributed by atoms with E-state index in [1.165, 1.54) is 10.6 Å². The number of nitrogens with zero attached hydrogens (tertiary/aromatic N) is 4. The normalized spacial score (nSPS) is 11.7. The fourth-order valence-corrected chi connectivity index (χ4v) is 5.00. The molecule has 6 nitrogen and oxygen atoms in total. The van der Waals surface area contributed by atoms with E-state index in [-0.39, 0.29) is 17.1 Å². The van der Waals surface area contributed by atoms with Gasteiger partial charge in [-0.25, -0.2) is 8.42 Å². The second-order valence-electron chi connectivity index (χ2n) is 6.92. The molecule has 0 saturated heterocycles. The third-order valence-electron chi connectivity index (χ3n) is 4.59. The number of aryl methyl sites for hydroxylation is 2. The average Bonchev–Trinajstić information content (AvgIpc) is 3.15. The van der Waals surface area contributed by atoms with Crippen molar-refractivity contribution in [1.29, 1.82) is 0 Å². The second kappa shape index (κ2) is 7.50. The Bertz CT molecular complexity index is 1260. The second-order valence-corrected chi connectivity index (χ2v) is 9.19. The Morgan fingerprint density at radius 3 is 2.41 bits per heavy atom. The Hall–Kier alpha value is -2.90. The van der Waals surface area contributed by atoms with Gasteiger partial charge in [-0.2, -0.15) is 0 Å². The van der Waals surface area contributed by atoms with Crippen molar-refractivity contribution in [3.05, 3.63) is 88.8 Å². The molecule has 2 aromatic heterocycles. The highest BCUT2D eigenvalue weighted by Gasteiger charge is 2.28. The summed E-state index contributed by atoms with van der Waals surface area (Å²) in [6.07, 6.45) is 3.20. The van der Waals surface area contributed by atoms with Gasteiger partial charge in [-0.05, 0) is 66.9 Å². The van der Waals surface area contributed by atoms with Crippen molar-refractivity contribution in [3.63, 3.8) is 0 Å². The first kappa shape index (κ1) is 19.4. The number of benzene rings is 2. The first-order valence-corrected chi connectivity index (χ1v) is 10.8. The molecule has 0 fully saturated rings. The van der Waals surface area contributed by atoms with Gasteiger partial charge in [0.25, 0.3) is 10.0 Å². The first-order chi connectivity index (χ1) is 13.8. The number of sulfonamides is 1. The third-order valence-corrected chi connectivity index (χ3v) is 6.64. The average molecular weight is 427 g/mol. The summed E-state index contributed by atoms with van der Waals surface area (Å²) in [6.45, 7) is 4.06. The standard InChI is InChI=1S/C21H19ClN4O2S/c1-15-10-16(2)12-19(11-15)26(13-17-5-7-18(22)8-6-17)29(27,28)20-4-3-9-25-14-23-24-21(20)25/h3-12,14H,13H2,1-2H3. The third kappa shape index (κ3) is 3.83. The van der Waals surface area contributed by atoms with Crippen LogP contribution >= 0.6 is 11.6 Å². The van der Waals surface area contributed by atoms with Crippen LogP contribution in [0, 0.1) is 13.8 Å². The Morgan fingerprint density at radius 1 is 1.03 bits per heavy atom. The summed E-state index contributed by atoms with van der Waals surface area (Å²) < 4.78 is 30.5. The largest absolute Gasteiger partial charge is 0.288 e. The van der Waals surface area contributed by atoms with Crippen molar-refractivity contribution in [2.45, 2.75) is 25.3 Å². The molecule has 0 unspecified atom stereocenters. The number of pyridine rings is 1. The lowest BCUT2D eigenvalue weighted by molar-refractivity contribution is 0.590. The van der Waals surface area contributed by atoms with E-state index in [1.807, 2.05) is 44.2 Å². The fraction of sp³-hybridized carbons (Fsp3) is 0.143. The molecule has 0 aliphatic carbocycles. The Kier molecular flexibility index (Phi) is 5.02. The van der Waals surface area contributed by atoms with E-state index in [1.54, 1.807) is 34.9 Å². The van der Waals surface area contributed by atoms with Gasteiger partial charge in [0.15, 0.2) is 5.65 Å². The van der Waals surface area contributed by atoms with E-state index in [0.717, 1.165) is 16.7 Å². The van der Waals surface area contributed by atoms with E-state index in [4.69, 9.17) is 11.6 Å². The van der Waals surface area contributed by atoms with Crippen LogP contribution in [0.25, 0.3) is 5.65 Å². The molecular weight excluding hydrogens is 408 g/mol. The molecule has 4 rings (SSSR count). The van der Waals surface area contributed by atoms with E-state index in [2.05, 4.69) is 10.2 Å². The summed E-state index contributed by atoms with van der Waals surface area (Å²) in [5.41, 5.74) is 3.68. The maximum absolute atomic E-state index is 13.8. The van der Waals surface area contributed by atoms with Crippen LogP contribution in [0.15, 0.2) is 72.0 Å². The molecule has 2 heterocycles. The van der Waals surface area contributed by atoms with Gasteiger partial charge >= 0.3 is 0 Å². The van der Waals surface area contributed by atoms with Crippen molar-refractivity contribution in [1.82, 2.24) is 14.6 Å². The molecule has 148 valence electrons. The molecule has 0 N–H and O–H groups in total. The van der Waals surface area contributed by atoms with Crippen molar-refractivity contribution in [2.75, 3.05) is 4.31 Å². The Balaban J connectivity index is 1.88. The minimum absolute atomic E-state index is 0.102.